The summed E-state index contributed by atoms with van der Waals surface area (Å²) in [5.74, 6) is 0.987. The molecule has 2 rings (SSSR count). The Morgan fingerprint density at radius 3 is 2.38 bits per heavy atom. The van der Waals surface area contributed by atoms with Gasteiger partial charge in [-0.15, -0.1) is 0 Å². The molecule has 0 saturated carbocycles. The predicted octanol–water partition coefficient (Wildman–Crippen LogP) is 3.67. The lowest BCUT2D eigenvalue weighted by molar-refractivity contribution is -0.135. The zero-order valence-corrected chi connectivity index (χ0v) is 12.4. The number of aryl methyl sites for hydroxylation is 3. The van der Waals surface area contributed by atoms with Gasteiger partial charge in [-0.1, -0.05) is 0 Å². The smallest absolute Gasteiger partial charge is 0.383 e. The summed E-state index contributed by atoms with van der Waals surface area (Å²) in [6.45, 7) is 6.11. The van der Waals surface area contributed by atoms with Crippen LogP contribution in [-0.4, -0.2) is 20.7 Å². The second-order valence-electron chi connectivity index (χ2n) is 5.29. The number of anilines is 1. The molecule has 2 N–H and O–H groups in total. The van der Waals surface area contributed by atoms with Gasteiger partial charge in [0.25, 0.3) is 0 Å². The van der Waals surface area contributed by atoms with E-state index in [4.69, 9.17) is 5.73 Å². The molecule has 0 amide bonds. The third-order valence-corrected chi connectivity index (χ3v) is 3.70. The van der Waals surface area contributed by atoms with Crippen molar-refractivity contribution in [2.24, 2.45) is 0 Å². The van der Waals surface area contributed by atoms with Crippen LogP contribution in [0, 0.1) is 20.8 Å². The molecule has 0 aliphatic carbocycles. The number of halogens is 3. The molecule has 0 fully saturated rings. The van der Waals surface area contributed by atoms with E-state index in [0.29, 0.717) is 30.3 Å². The lowest BCUT2D eigenvalue weighted by Crippen LogP contribution is -2.08. The van der Waals surface area contributed by atoms with Gasteiger partial charge in [0, 0.05) is 18.7 Å². The van der Waals surface area contributed by atoms with E-state index < -0.39 is 12.6 Å². The first-order chi connectivity index (χ1) is 9.70. The van der Waals surface area contributed by atoms with Crippen LogP contribution >= 0.6 is 0 Å². The third kappa shape index (κ3) is 3.28. The number of hydrogen-bond acceptors (Lipinski definition) is 3. The third-order valence-electron chi connectivity index (χ3n) is 3.70. The Morgan fingerprint density at radius 1 is 1.10 bits per heavy atom. The van der Waals surface area contributed by atoms with Crippen molar-refractivity contribution >= 4 is 16.9 Å². The van der Waals surface area contributed by atoms with Crippen molar-refractivity contribution in [3.05, 3.63) is 17.1 Å². The molecule has 0 aliphatic rings. The fourth-order valence-corrected chi connectivity index (χ4v) is 2.55. The highest BCUT2D eigenvalue weighted by Crippen LogP contribution is 2.28. The zero-order valence-electron chi connectivity index (χ0n) is 12.4. The van der Waals surface area contributed by atoms with Gasteiger partial charge in [-0.3, -0.25) is 0 Å². The maximum atomic E-state index is 12.2. The Labute approximate surface area is 121 Å². The molecule has 0 saturated heterocycles. The maximum absolute atomic E-state index is 12.2. The molecule has 116 valence electrons. The number of nitrogen functional groups attached to an aromatic ring is 1. The molecule has 0 radical (unpaired) electrons. The molecule has 7 heteroatoms. The predicted molar refractivity (Wildman–Crippen MR) is 76.1 cm³/mol. The number of rotatable bonds is 4. The molecule has 0 aromatic carbocycles. The first kappa shape index (κ1) is 15.6. The average Bonchev–Trinajstić information content (AvgIpc) is 2.57. The minimum atomic E-state index is -4.09. The van der Waals surface area contributed by atoms with Crippen molar-refractivity contribution in [2.45, 2.75) is 52.8 Å². The van der Waals surface area contributed by atoms with E-state index in [2.05, 4.69) is 9.97 Å². The van der Waals surface area contributed by atoms with Crippen LogP contribution in [0.1, 0.15) is 36.3 Å². The van der Waals surface area contributed by atoms with E-state index in [1.54, 1.807) is 6.92 Å². The summed E-state index contributed by atoms with van der Waals surface area (Å²) in [7, 11) is 0. The molecule has 2 aromatic rings. The Balaban J connectivity index is 2.26. The average molecular weight is 300 g/mol. The van der Waals surface area contributed by atoms with Gasteiger partial charge in [-0.05, 0) is 39.2 Å². The number of hydrogen-bond donors (Lipinski definition) is 1. The van der Waals surface area contributed by atoms with Crippen LogP contribution in [0.5, 0.6) is 0 Å². The van der Waals surface area contributed by atoms with Crippen molar-refractivity contribution in [1.29, 1.82) is 0 Å². The molecule has 0 bridgehead atoms. The van der Waals surface area contributed by atoms with Gasteiger partial charge in [0.05, 0.1) is 5.39 Å². The van der Waals surface area contributed by atoms with Crippen molar-refractivity contribution in [2.75, 3.05) is 5.73 Å². The van der Waals surface area contributed by atoms with E-state index in [9.17, 15) is 13.2 Å². The van der Waals surface area contributed by atoms with E-state index in [-0.39, 0.29) is 6.42 Å². The van der Waals surface area contributed by atoms with Crippen LogP contribution in [-0.2, 0) is 6.54 Å². The van der Waals surface area contributed by atoms with Crippen LogP contribution < -0.4 is 5.73 Å². The number of nitrogens with zero attached hydrogens (tertiary/aromatic N) is 3. The first-order valence-corrected chi connectivity index (χ1v) is 6.87. The summed E-state index contributed by atoms with van der Waals surface area (Å²) in [6.07, 6.45) is -4.28. The van der Waals surface area contributed by atoms with Gasteiger partial charge >= 0.3 is 6.18 Å². The molecule has 2 heterocycles. The van der Waals surface area contributed by atoms with E-state index in [0.717, 1.165) is 16.6 Å². The van der Waals surface area contributed by atoms with Gasteiger partial charge in [-0.25, -0.2) is 9.97 Å². The van der Waals surface area contributed by atoms with E-state index in [1.165, 1.54) is 0 Å². The second kappa shape index (κ2) is 5.54. The molecule has 0 atom stereocenters. The topological polar surface area (TPSA) is 56.7 Å². The van der Waals surface area contributed by atoms with Crippen molar-refractivity contribution in [1.82, 2.24) is 14.5 Å². The van der Waals surface area contributed by atoms with Crippen molar-refractivity contribution in [3.63, 3.8) is 0 Å². The lowest BCUT2D eigenvalue weighted by atomic mass is 10.2. The number of aromatic nitrogens is 3. The summed E-state index contributed by atoms with van der Waals surface area (Å²) in [4.78, 5) is 8.55. The van der Waals surface area contributed by atoms with Crippen molar-refractivity contribution in [3.8, 4) is 0 Å². The number of nitrogens with two attached hydrogens (primary N) is 1. The highest BCUT2D eigenvalue weighted by atomic mass is 19.4. The number of unbranched alkanes of at least 4 members (excludes halogenated alkanes) is 1. The van der Waals surface area contributed by atoms with Crippen LogP contribution in [0.25, 0.3) is 11.0 Å². The summed E-state index contributed by atoms with van der Waals surface area (Å²) in [5.41, 5.74) is 8.61. The molecule has 21 heavy (non-hydrogen) atoms. The molecule has 0 aliphatic heterocycles. The van der Waals surface area contributed by atoms with Crippen molar-refractivity contribution < 1.29 is 13.2 Å². The quantitative estimate of drug-likeness (QED) is 0.876. The van der Waals surface area contributed by atoms with Gasteiger partial charge in [-0.2, -0.15) is 13.2 Å². The van der Waals surface area contributed by atoms with E-state index in [1.807, 2.05) is 18.4 Å². The van der Waals surface area contributed by atoms with Crippen LogP contribution in [0.3, 0.4) is 0 Å². The molecular weight excluding hydrogens is 281 g/mol. The largest absolute Gasteiger partial charge is 0.389 e. The van der Waals surface area contributed by atoms with Gasteiger partial charge in [0.1, 0.15) is 17.3 Å². The molecular formula is C14H19F3N4. The molecule has 4 nitrogen and oxygen atoms in total. The molecule has 2 aromatic heterocycles. The number of alkyl halides is 3. The Kier molecular flexibility index (Phi) is 4.11. The standard InChI is InChI=1S/C14H19F3N4/c1-8-9(2)21(7-5-4-6-14(15,16)17)13-11(8)12(18)19-10(3)20-13/h4-7H2,1-3H3,(H2,18,19,20). The zero-order chi connectivity index (χ0) is 15.8. The Hall–Kier alpha value is -1.79. The lowest BCUT2D eigenvalue weighted by Gasteiger charge is -2.09. The van der Waals surface area contributed by atoms with Crippen LogP contribution in [0.2, 0.25) is 0 Å². The second-order valence-corrected chi connectivity index (χ2v) is 5.29. The fourth-order valence-electron chi connectivity index (χ4n) is 2.55. The van der Waals surface area contributed by atoms with Crippen LogP contribution in [0.15, 0.2) is 0 Å². The maximum Gasteiger partial charge on any atom is 0.389 e. The Morgan fingerprint density at radius 2 is 1.76 bits per heavy atom. The monoisotopic (exact) mass is 300 g/mol. The van der Waals surface area contributed by atoms with Gasteiger partial charge in [0.2, 0.25) is 0 Å². The molecule has 0 spiro atoms. The minimum absolute atomic E-state index is 0.112. The van der Waals surface area contributed by atoms with Gasteiger partial charge < -0.3 is 10.3 Å². The molecule has 0 unspecified atom stereocenters. The van der Waals surface area contributed by atoms with E-state index >= 15 is 0 Å². The van der Waals surface area contributed by atoms with Crippen LogP contribution in [0.4, 0.5) is 19.0 Å². The highest BCUT2D eigenvalue weighted by molar-refractivity contribution is 5.91. The Bertz CT molecular complexity index is 659. The first-order valence-electron chi connectivity index (χ1n) is 6.87. The SMILES string of the molecule is Cc1nc(N)c2c(C)c(C)n(CCCCC(F)(F)F)c2n1. The normalized spacial score (nSPS) is 12.3. The summed E-state index contributed by atoms with van der Waals surface area (Å²) >= 11 is 0. The minimum Gasteiger partial charge on any atom is -0.383 e. The number of fused-ring (bicyclic) bond motifs is 1. The highest BCUT2D eigenvalue weighted by Gasteiger charge is 2.26. The fraction of sp³-hybridized carbons (Fsp3) is 0.571. The summed E-state index contributed by atoms with van der Waals surface area (Å²) in [6, 6.07) is 0. The summed E-state index contributed by atoms with van der Waals surface area (Å²) in [5, 5.41) is 0.800. The van der Waals surface area contributed by atoms with Gasteiger partial charge in [0.15, 0.2) is 0 Å². The summed E-state index contributed by atoms with van der Waals surface area (Å²) < 4.78 is 38.5.